The Morgan fingerprint density at radius 3 is 1.58 bits per heavy atom. The summed E-state index contributed by atoms with van der Waals surface area (Å²) in [6, 6.07) is 21.1. The Hall–Kier alpha value is -0.980. The van der Waals surface area contributed by atoms with Crippen LogP contribution in [0.2, 0.25) is 21.4 Å². The van der Waals surface area contributed by atoms with Crippen LogP contribution in [0.3, 0.4) is 0 Å². The molecule has 0 saturated carbocycles. The van der Waals surface area contributed by atoms with Crippen molar-refractivity contribution in [3.63, 3.8) is 0 Å². The van der Waals surface area contributed by atoms with Gasteiger partial charge in [-0.15, -0.1) is 0 Å². The molecule has 2 aromatic rings. The van der Waals surface area contributed by atoms with Crippen molar-refractivity contribution in [2.45, 2.75) is 42.5 Å². The molecule has 2 aliphatic rings. The monoisotopic (exact) mass is 436 g/mol. The molecule has 0 saturated heterocycles. The van der Waals surface area contributed by atoms with E-state index in [1.165, 1.54) is 23.2 Å². The Balaban J connectivity index is 2.03. The van der Waals surface area contributed by atoms with E-state index in [1.54, 1.807) is 11.1 Å². The Kier molecular flexibility index (Phi) is 4.65. The van der Waals surface area contributed by atoms with Crippen LogP contribution in [0.5, 0.6) is 0 Å². The van der Waals surface area contributed by atoms with E-state index in [2.05, 4.69) is 95.9 Å². The molecule has 2 heteroatoms. The van der Waals surface area contributed by atoms with Crippen molar-refractivity contribution < 1.29 is 17.4 Å². The molecular formula is C24H30SiZr. The van der Waals surface area contributed by atoms with Crippen molar-refractivity contribution in [2.24, 2.45) is 0 Å². The van der Waals surface area contributed by atoms with Crippen molar-refractivity contribution in [2.75, 3.05) is 0 Å². The predicted octanol–water partition coefficient (Wildman–Crippen LogP) is 7.34. The average Bonchev–Trinajstić information content (AvgIpc) is 3.28. The van der Waals surface area contributed by atoms with Gasteiger partial charge in [0.25, 0.3) is 0 Å². The van der Waals surface area contributed by atoms with Gasteiger partial charge in [-0.3, -0.25) is 0 Å². The molecule has 0 heterocycles. The van der Waals surface area contributed by atoms with Crippen molar-refractivity contribution in [1.82, 2.24) is 0 Å². The summed E-state index contributed by atoms with van der Waals surface area (Å²) in [5, 5.41) is 0. The zero-order chi connectivity index (χ0) is 18.4. The summed E-state index contributed by atoms with van der Waals surface area (Å²) in [6.07, 6.45) is 10.0. The number of rotatable bonds is 4. The zero-order valence-corrected chi connectivity index (χ0v) is 20.0. The fourth-order valence-corrected chi connectivity index (χ4v) is 45.9. The summed E-state index contributed by atoms with van der Waals surface area (Å²) >= 11 is -3.24. The van der Waals surface area contributed by atoms with Crippen molar-refractivity contribution in [1.29, 1.82) is 0 Å². The molecule has 0 aliphatic heterocycles. The molecule has 2 aromatic carbocycles. The molecule has 0 fully saturated rings. The summed E-state index contributed by atoms with van der Waals surface area (Å²) in [4.78, 5) is 0. The maximum absolute atomic E-state index is 3.24. The summed E-state index contributed by atoms with van der Waals surface area (Å²) in [5.41, 5.74) is 5.76. The topological polar surface area (TPSA) is 0 Å². The SMILES string of the molecule is CC[Si](CC)=[Zr]([CH3])([CH3])([CH]1C=Cc2ccccc21)[CH]1C=Cc2ccccc21. The van der Waals surface area contributed by atoms with E-state index in [4.69, 9.17) is 0 Å². The third kappa shape index (κ3) is 2.49. The number of hydrogen-bond donors (Lipinski definition) is 0. The van der Waals surface area contributed by atoms with Gasteiger partial charge in [0, 0.05) is 0 Å². The second-order valence-electron chi connectivity index (χ2n) is 8.85. The normalized spacial score (nSPS) is 21.0. The van der Waals surface area contributed by atoms with E-state index in [0.717, 1.165) is 0 Å². The van der Waals surface area contributed by atoms with Gasteiger partial charge < -0.3 is 0 Å². The Labute approximate surface area is 159 Å². The van der Waals surface area contributed by atoms with E-state index in [1.807, 2.05) is 0 Å². The Morgan fingerprint density at radius 1 is 0.731 bits per heavy atom. The minimum atomic E-state index is -3.24. The van der Waals surface area contributed by atoms with Crippen LogP contribution in [0, 0.1) is 0 Å². The fourth-order valence-electron chi connectivity index (χ4n) is 6.05. The molecule has 0 amide bonds. The standard InChI is InChI=1S/2C9H7.C4H10Si.2CH3.Zr/c2*1-2-5-9-7-3-6-8(9)4-1;1-3-5-4-2;;;/h2*1-7H;3-4H2,1-2H3;2*1H3;. The van der Waals surface area contributed by atoms with Crippen LogP contribution >= 0.6 is 0 Å². The predicted molar refractivity (Wildman–Crippen MR) is 115 cm³/mol. The van der Waals surface area contributed by atoms with Gasteiger partial charge in [0.05, 0.1) is 0 Å². The van der Waals surface area contributed by atoms with Crippen LogP contribution in [0.1, 0.15) is 43.4 Å². The van der Waals surface area contributed by atoms with Crippen LogP contribution in [0.15, 0.2) is 60.7 Å². The summed E-state index contributed by atoms with van der Waals surface area (Å²) in [7, 11) is 0. The van der Waals surface area contributed by atoms with Gasteiger partial charge >= 0.3 is 160 Å². The van der Waals surface area contributed by atoms with Crippen LogP contribution in [0.25, 0.3) is 12.2 Å². The molecule has 0 N–H and O–H groups in total. The average molecular weight is 438 g/mol. The van der Waals surface area contributed by atoms with Crippen molar-refractivity contribution >= 4 is 17.6 Å². The molecular weight excluding hydrogens is 408 g/mol. The first-order valence-electron chi connectivity index (χ1n) is 10.1. The number of fused-ring (bicyclic) bond motifs is 2. The second kappa shape index (κ2) is 6.57. The summed E-state index contributed by atoms with van der Waals surface area (Å²) < 4.78 is 7.00. The number of benzene rings is 2. The van der Waals surface area contributed by atoms with Gasteiger partial charge in [0.15, 0.2) is 0 Å². The van der Waals surface area contributed by atoms with Gasteiger partial charge in [-0.25, -0.2) is 0 Å². The van der Waals surface area contributed by atoms with Gasteiger partial charge in [0.1, 0.15) is 0 Å². The van der Waals surface area contributed by atoms with Crippen molar-refractivity contribution in [3.05, 3.63) is 82.9 Å². The van der Waals surface area contributed by atoms with Crippen LogP contribution in [-0.2, 0) is 17.4 Å². The molecule has 4 rings (SSSR count). The van der Waals surface area contributed by atoms with Gasteiger partial charge in [0.2, 0.25) is 0 Å². The first kappa shape index (κ1) is 18.4. The van der Waals surface area contributed by atoms with Crippen LogP contribution in [-0.4, -0.2) is 5.43 Å². The maximum atomic E-state index is 2.82. The van der Waals surface area contributed by atoms with Crippen LogP contribution < -0.4 is 0 Å². The third-order valence-electron chi connectivity index (χ3n) is 7.48. The Morgan fingerprint density at radius 2 is 1.15 bits per heavy atom. The molecule has 0 radical (unpaired) electrons. The first-order chi connectivity index (χ1) is 12.5. The van der Waals surface area contributed by atoms with Crippen molar-refractivity contribution in [3.8, 4) is 0 Å². The molecule has 0 aromatic heterocycles. The molecule has 0 nitrogen and oxygen atoms in total. The van der Waals surface area contributed by atoms with E-state index in [9.17, 15) is 0 Å². The molecule has 2 unspecified atom stereocenters. The van der Waals surface area contributed by atoms with E-state index in [0.29, 0.717) is 7.25 Å². The molecule has 0 bridgehead atoms. The van der Waals surface area contributed by atoms with Gasteiger partial charge in [-0.2, -0.15) is 0 Å². The quantitative estimate of drug-likeness (QED) is 0.439. The molecule has 2 aliphatic carbocycles. The van der Waals surface area contributed by atoms with E-state index in [-0.39, 0.29) is 0 Å². The molecule has 0 spiro atoms. The fraction of sp³-hybridized carbons (Fsp3) is 0.333. The zero-order valence-electron chi connectivity index (χ0n) is 16.5. The first-order valence-corrected chi connectivity index (χ1v) is 23.4. The van der Waals surface area contributed by atoms with Gasteiger partial charge in [-0.1, -0.05) is 0 Å². The molecule has 2 atom stereocenters. The summed E-state index contributed by atoms with van der Waals surface area (Å²) in [6.45, 7) is 4.93. The van der Waals surface area contributed by atoms with Gasteiger partial charge in [-0.05, 0) is 0 Å². The third-order valence-corrected chi connectivity index (χ3v) is 48.6. The summed E-state index contributed by atoms with van der Waals surface area (Å²) in [5.74, 6) is 0. The number of hydrogen-bond acceptors (Lipinski definition) is 0. The second-order valence-corrected chi connectivity index (χ2v) is 41.9. The number of allylic oxidation sites excluding steroid dienone is 2. The Bertz CT molecular complexity index is 913. The van der Waals surface area contributed by atoms with E-state index < -0.39 is 22.8 Å². The van der Waals surface area contributed by atoms with Crippen LogP contribution in [0.4, 0.5) is 0 Å². The molecule has 134 valence electrons. The van der Waals surface area contributed by atoms with E-state index >= 15 is 0 Å². The minimum absolute atomic E-state index is 0.401. The molecule has 26 heavy (non-hydrogen) atoms.